The second kappa shape index (κ2) is 6.54. The Hall–Kier alpha value is -3.15. The zero-order valence-electron chi connectivity index (χ0n) is 13.9. The lowest BCUT2D eigenvalue weighted by molar-refractivity contribution is 0.102. The highest BCUT2D eigenvalue weighted by atomic mass is 16.1. The molecule has 3 rings (SSSR count). The van der Waals surface area contributed by atoms with E-state index < -0.39 is 0 Å². The molecule has 0 saturated carbocycles. The maximum Gasteiger partial charge on any atom is 0.259 e. The predicted octanol–water partition coefficient (Wildman–Crippen LogP) is 2.89. The molecule has 2 aromatic heterocycles. The summed E-state index contributed by atoms with van der Waals surface area (Å²) in [6.45, 7) is 1.88. The summed E-state index contributed by atoms with van der Waals surface area (Å²) in [5, 5.41) is 7.25. The molecule has 1 aromatic carbocycles. The van der Waals surface area contributed by atoms with Crippen LogP contribution in [-0.2, 0) is 0 Å². The van der Waals surface area contributed by atoms with Gasteiger partial charge in [0.25, 0.3) is 5.91 Å². The van der Waals surface area contributed by atoms with Crippen molar-refractivity contribution in [2.24, 2.45) is 0 Å². The van der Waals surface area contributed by atoms with Gasteiger partial charge in [0.05, 0.1) is 28.8 Å². The molecular weight excluding hydrogens is 302 g/mol. The highest BCUT2D eigenvalue weighted by molar-refractivity contribution is 6.06. The number of carbonyl (C=O) groups excluding carboxylic acids is 1. The van der Waals surface area contributed by atoms with E-state index in [0.29, 0.717) is 17.1 Å². The predicted molar refractivity (Wildman–Crippen MR) is 94.8 cm³/mol. The van der Waals surface area contributed by atoms with Gasteiger partial charge in [0.2, 0.25) is 0 Å². The maximum atomic E-state index is 12.6. The smallest absolute Gasteiger partial charge is 0.259 e. The topological polar surface area (TPSA) is 63.1 Å². The summed E-state index contributed by atoms with van der Waals surface area (Å²) in [6.07, 6.45) is 3.28. The lowest BCUT2D eigenvalue weighted by Crippen LogP contribution is -2.18. The fraction of sp³-hybridized carbons (Fsp3) is 0.167. The van der Waals surface area contributed by atoms with Gasteiger partial charge in [0.1, 0.15) is 0 Å². The molecule has 1 N–H and O–H groups in total. The first kappa shape index (κ1) is 15.7. The molecule has 0 bridgehead atoms. The first-order valence-electron chi connectivity index (χ1n) is 7.61. The second-order valence-electron chi connectivity index (χ2n) is 5.61. The van der Waals surface area contributed by atoms with E-state index >= 15 is 0 Å². The zero-order chi connectivity index (χ0) is 17.1. The number of hydrogen-bond donors (Lipinski definition) is 1. The van der Waals surface area contributed by atoms with Crippen molar-refractivity contribution >= 4 is 17.4 Å². The van der Waals surface area contributed by atoms with Gasteiger partial charge in [0, 0.05) is 20.3 Å². The standard InChI is InChI=1S/C18H19N5O/c1-13-15(12-20-23(13)14-8-5-4-6-9-14)18(24)21-16-10-7-11-19-17(16)22(2)3/h4-12H,1-3H3,(H,21,24). The molecule has 6 nitrogen and oxygen atoms in total. The summed E-state index contributed by atoms with van der Waals surface area (Å²) in [5.41, 5.74) is 2.91. The van der Waals surface area contributed by atoms with E-state index in [1.54, 1.807) is 23.1 Å². The van der Waals surface area contributed by atoms with Gasteiger partial charge in [-0.1, -0.05) is 18.2 Å². The number of pyridine rings is 1. The second-order valence-corrected chi connectivity index (χ2v) is 5.61. The highest BCUT2D eigenvalue weighted by Crippen LogP contribution is 2.22. The third kappa shape index (κ3) is 2.99. The van der Waals surface area contributed by atoms with Crippen LogP contribution < -0.4 is 10.2 Å². The molecule has 0 fully saturated rings. The van der Waals surface area contributed by atoms with Crippen LogP contribution in [0.1, 0.15) is 16.1 Å². The Bertz CT molecular complexity index is 855. The van der Waals surface area contributed by atoms with Crippen molar-refractivity contribution in [3.05, 3.63) is 66.1 Å². The summed E-state index contributed by atoms with van der Waals surface area (Å²) in [6, 6.07) is 13.4. The quantitative estimate of drug-likeness (QED) is 0.802. The van der Waals surface area contributed by atoms with Crippen LogP contribution >= 0.6 is 0 Å². The number of carbonyl (C=O) groups is 1. The van der Waals surface area contributed by atoms with Crippen LogP contribution in [0.4, 0.5) is 11.5 Å². The number of anilines is 2. The van der Waals surface area contributed by atoms with Crippen LogP contribution in [0, 0.1) is 6.92 Å². The molecule has 2 heterocycles. The summed E-state index contributed by atoms with van der Waals surface area (Å²) in [7, 11) is 3.77. The maximum absolute atomic E-state index is 12.6. The Labute approximate surface area is 140 Å². The van der Waals surface area contributed by atoms with Crippen molar-refractivity contribution in [2.45, 2.75) is 6.92 Å². The number of para-hydroxylation sites is 1. The third-order valence-electron chi connectivity index (χ3n) is 3.71. The molecule has 0 unspecified atom stereocenters. The van der Waals surface area contributed by atoms with Gasteiger partial charge >= 0.3 is 0 Å². The molecule has 3 aromatic rings. The number of amides is 1. The van der Waals surface area contributed by atoms with E-state index in [9.17, 15) is 4.79 Å². The Balaban J connectivity index is 1.89. The Morgan fingerprint density at radius 1 is 1.12 bits per heavy atom. The molecule has 0 radical (unpaired) electrons. The van der Waals surface area contributed by atoms with E-state index in [-0.39, 0.29) is 5.91 Å². The Kier molecular flexibility index (Phi) is 4.29. The van der Waals surface area contributed by atoms with Gasteiger partial charge in [-0.2, -0.15) is 5.10 Å². The molecule has 122 valence electrons. The first-order valence-corrected chi connectivity index (χ1v) is 7.61. The van der Waals surface area contributed by atoms with E-state index in [4.69, 9.17) is 0 Å². The highest BCUT2D eigenvalue weighted by Gasteiger charge is 2.17. The minimum Gasteiger partial charge on any atom is -0.361 e. The van der Waals surface area contributed by atoms with Crippen LogP contribution in [0.25, 0.3) is 5.69 Å². The average molecular weight is 321 g/mol. The minimum absolute atomic E-state index is 0.203. The van der Waals surface area contributed by atoms with Crippen LogP contribution in [0.3, 0.4) is 0 Å². The monoisotopic (exact) mass is 321 g/mol. The number of hydrogen-bond acceptors (Lipinski definition) is 4. The Morgan fingerprint density at radius 3 is 2.58 bits per heavy atom. The Morgan fingerprint density at radius 2 is 1.88 bits per heavy atom. The average Bonchev–Trinajstić information content (AvgIpc) is 2.97. The largest absolute Gasteiger partial charge is 0.361 e. The van der Waals surface area contributed by atoms with Gasteiger partial charge in [-0.05, 0) is 31.2 Å². The molecule has 0 aliphatic carbocycles. The normalized spacial score (nSPS) is 10.5. The number of rotatable bonds is 4. The lowest BCUT2D eigenvalue weighted by atomic mass is 10.2. The lowest BCUT2D eigenvalue weighted by Gasteiger charge is -2.16. The fourth-order valence-corrected chi connectivity index (χ4v) is 2.50. The summed E-state index contributed by atoms with van der Waals surface area (Å²) < 4.78 is 1.75. The van der Waals surface area contributed by atoms with E-state index in [1.165, 1.54) is 0 Å². The molecule has 6 heteroatoms. The molecule has 1 amide bonds. The van der Waals surface area contributed by atoms with Crippen molar-refractivity contribution in [1.82, 2.24) is 14.8 Å². The van der Waals surface area contributed by atoms with Crippen LogP contribution in [0.15, 0.2) is 54.9 Å². The summed E-state index contributed by atoms with van der Waals surface area (Å²) in [4.78, 5) is 18.8. The van der Waals surface area contributed by atoms with Gasteiger partial charge in [0.15, 0.2) is 5.82 Å². The fourth-order valence-electron chi connectivity index (χ4n) is 2.50. The summed E-state index contributed by atoms with van der Waals surface area (Å²) in [5.74, 6) is 0.504. The zero-order valence-corrected chi connectivity index (χ0v) is 13.9. The van der Waals surface area contributed by atoms with Crippen molar-refractivity contribution in [2.75, 3.05) is 24.3 Å². The molecule has 0 atom stereocenters. The minimum atomic E-state index is -0.203. The van der Waals surface area contributed by atoms with Crippen molar-refractivity contribution in [3.63, 3.8) is 0 Å². The van der Waals surface area contributed by atoms with Crippen LogP contribution in [-0.4, -0.2) is 34.8 Å². The van der Waals surface area contributed by atoms with Crippen molar-refractivity contribution in [3.8, 4) is 5.69 Å². The van der Waals surface area contributed by atoms with E-state index in [2.05, 4.69) is 15.4 Å². The molecule has 24 heavy (non-hydrogen) atoms. The first-order chi connectivity index (χ1) is 11.6. The summed E-state index contributed by atoms with van der Waals surface area (Å²) >= 11 is 0. The van der Waals surface area contributed by atoms with Gasteiger partial charge < -0.3 is 10.2 Å². The number of nitrogens with zero attached hydrogens (tertiary/aromatic N) is 4. The molecule has 0 spiro atoms. The number of aromatic nitrogens is 3. The van der Waals surface area contributed by atoms with E-state index in [0.717, 1.165) is 11.4 Å². The third-order valence-corrected chi connectivity index (χ3v) is 3.71. The molecule has 0 saturated heterocycles. The van der Waals surface area contributed by atoms with E-state index in [1.807, 2.05) is 62.3 Å². The van der Waals surface area contributed by atoms with Gasteiger partial charge in [-0.15, -0.1) is 0 Å². The van der Waals surface area contributed by atoms with Gasteiger partial charge in [-0.3, -0.25) is 4.79 Å². The van der Waals surface area contributed by atoms with Gasteiger partial charge in [-0.25, -0.2) is 9.67 Å². The van der Waals surface area contributed by atoms with Crippen molar-refractivity contribution < 1.29 is 4.79 Å². The molecular formula is C18H19N5O. The molecule has 0 aliphatic rings. The van der Waals surface area contributed by atoms with Crippen LogP contribution in [0.2, 0.25) is 0 Å². The number of nitrogens with one attached hydrogen (secondary N) is 1. The molecule has 0 aliphatic heterocycles. The number of benzene rings is 1. The van der Waals surface area contributed by atoms with Crippen LogP contribution in [0.5, 0.6) is 0 Å². The van der Waals surface area contributed by atoms with Crippen molar-refractivity contribution in [1.29, 1.82) is 0 Å². The SMILES string of the molecule is Cc1c(C(=O)Nc2cccnc2N(C)C)cnn1-c1ccccc1.